The van der Waals surface area contributed by atoms with Gasteiger partial charge in [-0.05, 0) is 25.7 Å². The first-order chi connectivity index (χ1) is 6.64. The van der Waals surface area contributed by atoms with Gasteiger partial charge in [-0.2, -0.15) is 0 Å². The molecule has 3 heteroatoms. The highest BCUT2D eigenvalue weighted by Gasteiger charge is 2.48. The van der Waals surface area contributed by atoms with E-state index < -0.39 is 11.0 Å². The van der Waals surface area contributed by atoms with E-state index in [1.807, 2.05) is 13.8 Å². The maximum absolute atomic E-state index is 10.5. The normalized spacial score (nSPS) is 29.1. The van der Waals surface area contributed by atoms with Crippen LogP contribution in [0.4, 0.5) is 0 Å². The lowest BCUT2D eigenvalue weighted by molar-refractivity contribution is -0.170. The summed E-state index contributed by atoms with van der Waals surface area (Å²) >= 11 is 0. The predicted molar refractivity (Wildman–Crippen MR) is 55.1 cm³/mol. The lowest BCUT2D eigenvalue weighted by Gasteiger charge is -2.47. The number of aliphatic hydroxyl groups excluding tert-OH is 1. The summed E-state index contributed by atoms with van der Waals surface area (Å²) in [5.74, 6) is 0. The lowest BCUT2D eigenvalue weighted by atomic mass is 9.66. The van der Waals surface area contributed by atoms with E-state index in [0.29, 0.717) is 19.4 Å². The molecule has 1 fully saturated rings. The average Bonchev–Trinajstić information content (AvgIpc) is 2.28. The quantitative estimate of drug-likeness (QED) is 0.723. The Morgan fingerprint density at radius 3 is 2.36 bits per heavy atom. The summed E-state index contributed by atoms with van der Waals surface area (Å²) in [7, 11) is 0. The first-order valence-corrected chi connectivity index (χ1v) is 5.55. The second kappa shape index (κ2) is 4.60. The van der Waals surface area contributed by atoms with Crippen molar-refractivity contribution in [2.45, 2.75) is 45.1 Å². The van der Waals surface area contributed by atoms with Gasteiger partial charge < -0.3 is 14.9 Å². The van der Waals surface area contributed by atoms with E-state index in [9.17, 15) is 10.2 Å². The van der Waals surface area contributed by atoms with Crippen LogP contribution in [0.15, 0.2) is 0 Å². The summed E-state index contributed by atoms with van der Waals surface area (Å²) in [4.78, 5) is 0. The Morgan fingerprint density at radius 2 is 2.00 bits per heavy atom. The van der Waals surface area contributed by atoms with Crippen LogP contribution in [0.2, 0.25) is 0 Å². The van der Waals surface area contributed by atoms with Crippen LogP contribution >= 0.6 is 0 Å². The molecule has 0 aromatic heterocycles. The molecule has 2 N–H and O–H groups in total. The fourth-order valence-corrected chi connectivity index (χ4v) is 2.49. The van der Waals surface area contributed by atoms with Crippen molar-refractivity contribution in [2.75, 3.05) is 19.8 Å². The Bertz CT molecular complexity index is 169. The molecule has 0 aromatic carbocycles. The molecule has 1 unspecified atom stereocenters. The Morgan fingerprint density at radius 1 is 1.36 bits per heavy atom. The summed E-state index contributed by atoms with van der Waals surface area (Å²) in [6, 6.07) is 0. The highest BCUT2D eigenvalue weighted by molar-refractivity contribution is 4.98. The van der Waals surface area contributed by atoms with Gasteiger partial charge in [-0.25, -0.2) is 0 Å². The molecular formula is C11H22O3. The molecular weight excluding hydrogens is 180 g/mol. The minimum atomic E-state index is -0.776. The molecule has 0 aromatic rings. The largest absolute Gasteiger partial charge is 0.396 e. The molecule has 1 rings (SSSR count). The first-order valence-electron chi connectivity index (χ1n) is 5.55. The predicted octanol–water partition coefficient (Wildman–Crippen LogP) is 1.33. The van der Waals surface area contributed by atoms with E-state index in [0.717, 1.165) is 19.4 Å². The fourth-order valence-electron chi connectivity index (χ4n) is 2.49. The number of rotatable bonds is 4. The van der Waals surface area contributed by atoms with Crippen molar-refractivity contribution < 1.29 is 14.9 Å². The summed E-state index contributed by atoms with van der Waals surface area (Å²) in [5.41, 5.74) is -1.21. The van der Waals surface area contributed by atoms with E-state index in [-0.39, 0.29) is 6.61 Å². The zero-order valence-corrected chi connectivity index (χ0v) is 9.25. The molecule has 3 nitrogen and oxygen atoms in total. The number of ether oxygens (including phenoxy) is 1. The average molecular weight is 202 g/mol. The first kappa shape index (κ1) is 12.0. The van der Waals surface area contributed by atoms with Crippen molar-refractivity contribution >= 4 is 0 Å². The van der Waals surface area contributed by atoms with E-state index in [1.54, 1.807) is 0 Å². The zero-order valence-electron chi connectivity index (χ0n) is 9.25. The van der Waals surface area contributed by atoms with Crippen molar-refractivity contribution in [3.8, 4) is 0 Å². The Labute approximate surface area is 86.1 Å². The van der Waals surface area contributed by atoms with Crippen LogP contribution in [-0.4, -0.2) is 35.6 Å². The van der Waals surface area contributed by atoms with Crippen molar-refractivity contribution in [3.63, 3.8) is 0 Å². The zero-order chi connectivity index (χ0) is 10.7. The third-order valence-electron chi connectivity index (χ3n) is 3.78. The van der Waals surface area contributed by atoms with Crippen molar-refractivity contribution in [1.29, 1.82) is 0 Å². The standard InChI is InChI=1S/C11H22O3/c1-3-11(13,4-2)10(8-12)6-5-7-14-9-10/h12-13H,3-9H2,1-2H3. The molecule has 1 heterocycles. The van der Waals surface area contributed by atoms with Gasteiger partial charge in [-0.15, -0.1) is 0 Å². The Balaban J connectivity index is 2.85. The summed E-state index contributed by atoms with van der Waals surface area (Å²) in [6.07, 6.45) is 3.14. The van der Waals surface area contributed by atoms with Gasteiger partial charge in [0, 0.05) is 12.0 Å². The second-order valence-corrected chi connectivity index (χ2v) is 4.33. The van der Waals surface area contributed by atoms with Crippen LogP contribution in [0.1, 0.15) is 39.5 Å². The molecule has 0 saturated carbocycles. The highest BCUT2D eigenvalue weighted by atomic mass is 16.5. The van der Waals surface area contributed by atoms with Crippen LogP contribution in [0, 0.1) is 5.41 Å². The van der Waals surface area contributed by atoms with E-state index in [2.05, 4.69) is 0 Å². The summed E-state index contributed by atoms with van der Waals surface area (Å²) in [5, 5.41) is 20.0. The molecule has 0 radical (unpaired) electrons. The molecule has 0 bridgehead atoms. The van der Waals surface area contributed by atoms with Gasteiger partial charge in [0.25, 0.3) is 0 Å². The topological polar surface area (TPSA) is 49.7 Å². The Hall–Kier alpha value is -0.120. The van der Waals surface area contributed by atoms with Gasteiger partial charge in [-0.1, -0.05) is 13.8 Å². The molecule has 0 spiro atoms. The van der Waals surface area contributed by atoms with Crippen LogP contribution in [0.5, 0.6) is 0 Å². The fraction of sp³-hybridized carbons (Fsp3) is 1.00. The van der Waals surface area contributed by atoms with Crippen LogP contribution in [0.25, 0.3) is 0 Å². The lowest BCUT2D eigenvalue weighted by Crippen LogP contribution is -2.54. The van der Waals surface area contributed by atoms with E-state index in [4.69, 9.17) is 4.74 Å². The summed E-state index contributed by atoms with van der Waals surface area (Å²) < 4.78 is 5.41. The van der Waals surface area contributed by atoms with Gasteiger partial charge in [0.1, 0.15) is 0 Å². The van der Waals surface area contributed by atoms with Gasteiger partial charge in [0.2, 0.25) is 0 Å². The van der Waals surface area contributed by atoms with Gasteiger partial charge >= 0.3 is 0 Å². The maximum Gasteiger partial charge on any atom is 0.0742 e. The minimum Gasteiger partial charge on any atom is -0.396 e. The molecule has 1 saturated heterocycles. The molecule has 84 valence electrons. The highest BCUT2D eigenvalue weighted by Crippen LogP contribution is 2.42. The summed E-state index contributed by atoms with van der Waals surface area (Å²) in [6.45, 7) is 5.20. The number of hydrogen-bond acceptors (Lipinski definition) is 3. The van der Waals surface area contributed by atoms with Crippen LogP contribution < -0.4 is 0 Å². The SMILES string of the molecule is CCC(O)(CC)C1(CO)CCCOC1. The third-order valence-corrected chi connectivity index (χ3v) is 3.78. The van der Waals surface area contributed by atoms with Crippen molar-refractivity contribution in [2.24, 2.45) is 5.41 Å². The van der Waals surface area contributed by atoms with Gasteiger partial charge in [0.05, 0.1) is 18.8 Å². The Kier molecular flexibility index (Phi) is 3.93. The van der Waals surface area contributed by atoms with Crippen molar-refractivity contribution in [3.05, 3.63) is 0 Å². The maximum atomic E-state index is 10.5. The molecule has 14 heavy (non-hydrogen) atoms. The van der Waals surface area contributed by atoms with Crippen LogP contribution in [-0.2, 0) is 4.74 Å². The van der Waals surface area contributed by atoms with E-state index in [1.165, 1.54) is 0 Å². The van der Waals surface area contributed by atoms with E-state index >= 15 is 0 Å². The number of hydrogen-bond donors (Lipinski definition) is 2. The number of aliphatic hydroxyl groups is 2. The monoisotopic (exact) mass is 202 g/mol. The third kappa shape index (κ3) is 1.81. The minimum absolute atomic E-state index is 0.0190. The molecule has 1 aliphatic heterocycles. The smallest absolute Gasteiger partial charge is 0.0742 e. The van der Waals surface area contributed by atoms with Gasteiger partial charge in [-0.3, -0.25) is 0 Å². The molecule has 1 aliphatic rings. The molecule has 0 aliphatic carbocycles. The second-order valence-electron chi connectivity index (χ2n) is 4.33. The molecule has 1 atom stereocenters. The van der Waals surface area contributed by atoms with Crippen molar-refractivity contribution in [1.82, 2.24) is 0 Å². The molecule has 0 amide bonds. The van der Waals surface area contributed by atoms with Gasteiger partial charge in [0.15, 0.2) is 0 Å². The van der Waals surface area contributed by atoms with Crippen LogP contribution in [0.3, 0.4) is 0 Å².